The predicted octanol–water partition coefficient (Wildman–Crippen LogP) is 4.71. The van der Waals surface area contributed by atoms with Crippen LogP contribution in [0, 0.1) is 27.7 Å². The lowest BCUT2D eigenvalue weighted by Gasteiger charge is -2.19. The number of carbonyl (C=O) groups excluding carboxylic acids is 2. The first kappa shape index (κ1) is 29.9. The van der Waals surface area contributed by atoms with Gasteiger partial charge in [-0.1, -0.05) is 30.3 Å². The minimum atomic E-state index is -0.943. The van der Waals surface area contributed by atoms with Gasteiger partial charge in [-0.2, -0.15) is 11.8 Å². The molecule has 0 aliphatic rings. The van der Waals surface area contributed by atoms with Crippen LogP contribution in [0.15, 0.2) is 50.0 Å². The van der Waals surface area contributed by atoms with Crippen LogP contribution in [-0.2, 0) is 26.6 Å². The summed E-state index contributed by atoms with van der Waals surface area (Å²) in [6, 6.07) is 10.8. The van der Waals surface area contributed by atoms with E-state index in [0.717, 1.165) is 33.2 Å². The summed E-state index contributed by atoms with van der Waals surface area (Å²) in [6.07, 6.45) is -0.0456. The van der Waals surface area contributed by atoms with Crippen LogP contribution in [-0.4, -0.2) is 41.2 Å². The summed E-state index contributed by atoms with van der Waals surface area (Å²) < 4.78 is 11.6. The molecule has 3 N–H and O–H groups in total. The number of carbonyl (C=O) groups is 3. The van der Waals surface area contributed by atoms with Gasteiger partial charge in [-0.25, -0.2) is 4.79 Å². The number of carboxylic acid groups (broad SMARTS) is 1. The average molecular weight is 579 g/mol. The molecule has 0 aliphatic heterocycles. The lowest BCUT2D eigenvalue weighted by molar-refractivity contribution is -0.137. The number of aliphatic carboxylic acids is 1. The molecule has 0 spiro atoms. The van der Waals surface area contributed by atoms with E-state index in [9.17, 15) is 19.2 Å². The fraction of sp³-hybridized carbons (Fsp3) is 0.355. The molecule has 216 valence electrons. The van der Waals surface area contributed by atoms with Crippen LogP contribution >= 0.6 is 11.8 Å². The SMILES string of the molecule is Cc1oc2c(C)c3oc(=O)c(CC(=O)N[C@@H](CSCc4ccccc4)C(=O)NCCCC(=O)O)c(C)c3cc2c1C. The summed E-state index contributed by atoms with van der Waals surface area (Å²) in [7, 11) is 0. The van der Waals surface area contributed by atoms with E-state index in [4.69, 9.17) is 13.9 Å². The maximum Gasteiger partial charge on any atom is 0.340 e. The van der Waals surface area contributed by atoms with Gasteiger partial charge in [0.15, 0.2) is 0 Å². The van der Waals surface area contributed by atoms with Crippen LogP contribution in [0.3, 0.4) is 0 Å². The molecule has 0 unspecified atom stereocenters. The first-order valence-electron chi connectivity index (χ1n) is 13.4. The Morgan fingerprint density at radius 3 is 2.34 bits per heavy atom. The number of fused-ring (bicyclic) bond motifs is 2. The van der Waals surface area contributed by atoms with E-state index in [2.05, 4.69) is 10.6 Å². The number of furan rings is 1. The smallest absolute Gasteiger partial charge is 0.340 e. The maximum atomic E-state index is 13.2. The zero-order valence-electron chi connectivity index (χ0n) is 23.6. The molecule has 0 radical (unpaired) electrons. The van der Waals surface area contributed by atoms with Gasteiger partial charge in [-0.3, -0.25) is 14.4 Å². The molecular formula is C31H34N2O7S. The minimum absolute atomic E-state index is 0.0687. The van der Waals surface area contributed by atoms with Crippen molar-refractivity contribution in [3.63, 3.8) is 0 Å². The molecule has 0 aliphatic carbocycles. The van der Waals surface area contributed by atoms with Crippen molar-refractivity contribution in [1.29, 1.82) is 0 Å². The maximum absolute atomic E-state index is 13.2. The normalized spacial score (nSPS) is 12.0. The van der Waals surface area contributed by atoms with Crippen molar-refractivity contribution in [2.24, 2.45) is 0 Å². The highest BCUT2D eigenvalue weighted by molar-refractivity contribution is 7.98. The molecule has 2 amide bonds. The second-order valence-corrected chi connectivity index (χ2v) is 11.1. The van der Waals surface area contributed by atoms with Crippen LogP contribution in [0.4, 0.5) is 0 Å². The zero-order chi connectivity index (χ0) is 29.7. The average Bonchev–Trinajstić information content (AvgIpc) is 3.23. The third-order valence-electron chi connectivity index (χ3n) is 7.20. The first-order valence-corrected chi connectivity index (χ1v) is 14.6. The summed E-state index contributed by atoms with van der Waals surface area (Å²) in [5.41, 5.74) is 4.16. The Hall–Kier alpha value is -4.05. The fourth-order valence-corrected chi connectivity index (χ4v) is 5.75. The van der Waals surface area contributed by atoms with Gasteiger partial charge in [0.1, 0.15) is 23.0 Å². The first-order chi connectivity index (χ1) is 19.6. The topological polar surface area (TPSA) is 139 Å². The molecule has 2 aromatic heterocycles. The van der Waals surface area contributed by atoms with Crippen LogP contribution < -0.4 is 16.3 Å². The second kappa shape index (κ2) is 13.1. The Morgan fingerprint density at radius 1 is 0.951 bits per heavy atom. The summed E-state index contributed by atoms with van der Waals surface area (Å²) in [5.74, 6) is -0.105. The van der Waals surface area contributed by atoms with E-state index in [-0.39, 0.29) is 31.4 Å². The highest BCUT2D eigenvalue weighted by atomic mass is 32.2. The molecule has 2 aromatic carbocycles. The van der Waals surface area contributed by atoms with Crippen molar-refractivity contribution < 1.29 is 28.3 Å². The summed E-state index contributed by atoms with van der Waals surface area (Å²) in [6.45, 7) is 7.66. The number of aryl methyl sites for hydroxylation is 4. The van der Waals surface area contributed by atoms with E-state index in [1.54, 1.807) is 6.92 Å². The standard InChI is InChI=1S/C31H34N2O7S/c1-17-20(4)39-28-19(3)29-23(13-22(17)28)18(2)24(31(38)40-29)14-26(34)33-25(30(37)32-12-8-11-27(35)36)16-41-15-21-9-6-5-7-10-21/h5-7,9-10,13,25H,8,11-12,14-16H2,1-4H3,(H,32,37)(H,33,34)(H,35,36)/t25-/m0/s1. The summed E-state index contributed by atoms with van der Waals surface area (Å²) in [5, 5.41) is 16.0. The lowest BCUT2D eigenvalue weighted by atomic mass is 9.98. The Balaban J connectivity index is 1.53. The third kappa shape index (κ3) is 7.00. The number of hydrogen-bond donors (Lipinski definition) is 3. The van der Waals surface area contributed by atoms with Gasteiger partial charge in [0.05, 0.1) is 12.0 Å². The number of carboxylic acids is 1. The van der Waals surface area contributed by atoms with Crippen molar-refractivity contribution in [2.45, 2.75) is 58.8 Å². The fourth-order valence-electron chi connectivity index (χ4n) is 4.73. The van der Waals surface area contributed by atoms with E-state index >= 15 is 0 Å². The van der Waals surface area contributed by atoms with Gasteiger partial charge >= 0.3 is 11.6 Å². The second-order valence-electron chi connectivity index (χ2n) is 10.1. The van der Waals surface area contributed by atoms with Gasteiger partial charge in [0.2, 0.25) is 11.8 Å². The molecule has 0 bridgehead atoms. The van der Waals surface area contributed by atoms with Crippen LogP contribution in [0.5, 0.6) is 0 Å². The van der Waals surface area contributed by atoms with Crippen molar-refractivity contribution in [2.75, 3.05) is 12.3 Å². The molecular weight excluding hydrogens is 544 g/mol. The number of thioether (sulfide) groups is 1. The van der Waals surface area contributed by atoms with Crippen molar-refractivity contribution in [3.8, 4) is 0 Å². The van der Waals surface area contributed by atoms with E-state index in [0.29, 0.717) is 28.2 Å². The van der Waals surface area contributed by atoms with Crippen LogP contribution in [0.1, 0.15) is 46.4 Å². The molecule has 2 heterocycles. The molecule has 9 nitrogen and oxygen atoms in total. The van der Waals surface area contributed by atoms with Gasteiger partial charge in [0, 0.05) is 40.8 Å². The Labute approximate surface area is 241 Å². The van der Waals surface area contributed by atoms with Crippen molar-refractivity contribution in [3.05, 3.63) is 80.4 Å². The van der Waals surface area contributed by atoms with Crippen molar-refractivity contribution in [1.82, 2.24) is 10.6 Å². The van der Waals surface area contributed by atoms with E-state index in [1.165, 1.54) is 11.8 Å². The number of benzene rings is 2. The molecule has 10 heteroatoms. The highest BCUT2D eigenvalue weighted by Crippen LogP contribution is 2.34. The zero-order valence-corrected chi connectivity index (χ0v) is 24.4. The van der Waals surface area contributed by atoms with E-state index in [1.807, 2.05) is 57.2 Å². The minimum Gasteiger partial charge on any atom is -0.481 e. The number of amides is 2. The molecule has 4 rings (SSSR count). The molecule has 41 heavy (non-hydrogen) atoms. The number of hydrogen-bond acceptors (Lipinski definition) is 7. The van der Waals surface area contributed by atoms with Crippen LogP contribution in [0.2, 0.25) is 0 Å². The van der Waals surface area contributed by atoms with Crippen LogP contribution in [0.25, 0.3) is 21.9 Å². The monoisotopic (exact) mass is 578 g/mol. The summed E-state index contributed by atoms with van der Waals surface area (Å²) in [4.78, 5) is 49.9. The Morgan fingerprint density at radius 2 is 1.63 bits per heavy atom. The Kier molecular flexibility index (Phi) is 9.54. The van der Waals surface area contributed by atoms with E-state index < -0.39 is 29.5 Å². The predicted molar refractivity (Wildman–Crippen MR) is 159 cm³/mol. The van der Waals surface area contributed by atoms with Crippen molar-refractivity contribution >= 4 is 51.5 Å². The number of nitrogens with one attached hydrogen (secondary N) is 2. The molecule has 0 saturated carbocycles. The molecule has 0 saturated heterocycles. The van der Waals surface area contributed by atoms with Gasteiger partial charge in [0.25, 0.3) is 0 Å². The molecule has 4 aromatic rings. The largest absolute Gasteiger partial charge is 0.481 e. The molecule has 0 fully saturated rings. The Bertz CT molecular complexity index is 1660. The highest BCUT2D eigenvalue weighted by Gasteiger charge is 2.24. The van der Waals surface area contributed by atoms with Gasteiger partial charge in [-0.05, 0) is 56.9 Å². The van der Waals surface area contributed by atoms with Gasteiger partial charge in [-0.15, -0.1) is 0 Å². The molecule has 1 atom stereocenters. The lowest BCUT2D eigenvalue weighted by Crippen LogP contribution is -2.49. The van der Waals surface area contributed by atoms with Gasteiger partial charge < -0.3 is 24.6 Å². The quantitative estimate of drug-likeness (QED) is 0.162. The number of rotatable bonds is 12. The summed E-state index contributed by atoms with van der Waals surface area (Å²) >= 11 is 1.49. The third-order valence-corrected chi connectivity index (χ3v) is 8.30.